The first-order chi connectivity index (χ1) is 11.3. The fraction of sp³-hybridized carbons (Fsp3) is 0.400. The Balaban J connectivity index is 2.13. The van der Waals surface area contributed by atoms with Crippen LogP contribution >= 0.6 is 15.9 Å². The molecular formula is C15H13BrF3N3O2. The van der Waals surface area contributed by atoms with Crippen LogP contribution in [0.3, 0.4) is 0 Å². The predicted molar refractivity (Wildman–Crippen MR) is 84.8 cm³/mol. The summed E-state index contributed by atoms with van der Waals surface area (Å²) in [7, 11) is 0. The van der Waals surface area contributed by atoms with Crippen molar-refractivity contribution in [3.63, 3.8) is 0 Å². The van der Waals surface area contributed by atoms with Crippen molar-refractivity contribution in [3.8, 4) is 0 Å². The summed E-state index contributed by atoms with van der Waals surface area (Å²) in [6.45, 7) is 0.588. The van der Waals surface area contributed by atoms with Crippen molar-refractivity contribution < 1.29 is 23.1 Å². The summed E-state index contributed by atoms with van der Waals surface area (Å²) >= 11 is 3.29. The third-order valence-electron chi connectivity index (χ3n) is 3.96. The molecule has 0 saturated carbocycles. The largest absolute Gasteiger partial charge is 0.481 e. The van der Waals surface area contributed by atoms with E-state index in [9.17, 15) is 23.1 Å². The number of alkyl halides is 3. The summed E-state index contributed by atoms with van der Waals surface area (Å²) in [6.07, 6.45) is -3.58. The predicted octanol–water partition coefficient (Wildman–Crippen LogP) is 3.71. The highest BCUT2D eigenvalue weighted by molar-refractivity contribution is 9.10. The van der Waals surface area contributed by atoms with Gasteiger partial charge in [-0.2, -0.15) is 13.2 Å². The van der Waals surface area contributed by atoms with Crippen LogP contribution in [0.5, 0.6) is 0 Å². The molecule has 1 aromatic carbocycles. The van der Waals surface area contributed by atoms with Gasteiger partial charge in [0.15, 0.2) is 0 Å². The number of hydrogen-bond acceptors (Lipinski definition) is 4. The zero-order valence-corrected chi connectivity index (χ0v) is 13.9. The van der Waals surface area contributed by atoms with Gasteiger partial charge in [0.05, 0.1) is 11.4 Å². The molecule has 1 N–H and O–H groups in total. The highest BCUT2D eigenvalue weighted by Gasteiger charge is 2.37. The second-order valence-electron chi connectivity index (χ2n) is 5.65. The second-order valence-corrected chi connectivity index (χ2v) is 6.57. The third-order valence-corrected chi connectivity index (χ3v) is 4.45. The highest BCUT2D eigenvalue weighted by atomic mass is 79.9. The molecular weight excluding hydrogens is 391 g/mol. The number of carboxylic acid groups (broad SMARTS) is 1. The van der Waals surface area contributed by atoms with Gasteiger partial charge in [-0.15, -0.1) is 0 Å². The Morgan fingerprint density at radius 3 is 2.75 bits per heavy atom. The molecule has 0 bridgehead atoms. The Morgan fingerprint density at radius 1 is 1.33 bits per heavy atom. The Labute approximate surface area is 143 Å². The van der Waals surface area contributed by atoms with E-state index in [2.05, 4.69) is 25.9 Å². The Hall–Kier alpha value is -1.90. The van der Waals surface area contributed by atoms with Crippen molar-refractivity contribution >= 4 is 38.6 Å². The molecule has 0 amide bonds. The molecule has 1 aliphatic heterocycles. The summed E-state index contributed by atoms with van der Waals surface area (Å²) < 4.78 is 40.0. The van der Waals surface area contributed by atoms with E-state index in [0.717, 1.165) is 0 Å². The molecule has 5 nitrogen and oxygen atoms in total. The lowest BCUT2D eigenvalue weighted by atomic mass is 9.98. The zero-order chi connectivity index (χ0) is 17.5. The van der Waals surface area contributed by atoms with Crippen LogP contribution in [0.15, 0.2) is 22.7 Å². The summed E-state index contributed by atoms with van der Waals surface area (Å²) in [6, 6.07) is 4.74. The summed E-state index contributed by atoms with van der Waals surface area (Å²) in [5, 5.41) is 9.66. The normalized spacial score (nSPS) is 18.8. The maximum absolute atomic E-state index is 13.1. The molecule has 2 aromatic rings. The van der Waals surface area contributed by atoms with Gasteiger partial charge in [-0.25, -0.2) is 9.97 Å². The first kappa shape index (κ1) is 16.9. The number of benzene rings is 1. The molecule has 0 aliphatic carbocycles. The number of carboxylic acids is 1. The minimum absolute atomic E-state index is 0.125. The number of fused-ring (bicyclic) bond motifs is 1. The molecule has 1 unspecified atom stereocenters. The third kappa shape index (κ3) is 3.31. The monoisotopic (exact) mass is 403 g/mol. The van der Waals surface area contributed by atoms with Crippen LogP contribution in [0.2, 0.25) is 0 Å². The number of anilines is 1. The van der Waals surface area contributed by atoms with Gasteiger partial charge in [0.2, 0.25) is 5.82 Å². The van der Waals surface area contributed by atoms with E-state index in [-0.39, 0.29) is 17.9 Å². The van der Waals surface area contributed by atoms with Gasteiger partial charge in [0.25, 0.3) is 0 Å². The lowest BCUT2D eigenvalue weighted by molar-refractivity contribution is -0.145. The number of halogens is 4. The smallest absolute Gasteiger partial charge is 0.451 e. The van der Waals surface area contributed by atoms with E-state index in [4.69, 9.17) is 0 Å². The van der Waals surface area contributed by atoms with Crippen molar-refractivity contribution in [2.45, 2.75) is 19.0 Å². The topological polar surface area (TPSA) is 66.3 Å². The molecule has 24 heavy (non-hydrogen) atoms. The number of carbonyl (C=O) groups is 1. The van der Waals surface area contributed by atoms with Gasteiger partial charge in [-0.05, 0) is 31.0 Å². The van der Waals surface area contributed by atoms with Crippen LogP contribution < -0.4 is 4.90 Å². The average molecular weight is 404 g/mol. The Morgan fingerprint density at radius 2 is 2.08 bits per heavy atom. The molecule has 9 heteroatoms. The number of aromatic nitrogens is 2. The van der Waals surface area contributed by atoms with Crippen molar-refractivity contribution in [1.29, 1.82) is 0 Å². The SMILES string of the molecule is O=C(O)C1CCCN(c2nc(C(F)(F)F)nc3ccc(Br)cc23)C1. The molecule has 128 valence electrons. The maximum Gasteiger partial charge on any atom is 0.451 e. The van der Waals surface area contributed by atoms with Crippen LogP contribution in [0.4, 0.5) is 19.0 Å². The number of nitrogens with zero attached hydrogens (tertiary/aromatic N) is 3. The van der Waals surface area contributed by atoms with Crippen molar-refractivity contribution in [2.75, 3.05) is 18.0 Å². The molecule has 0 radical (unpaired) electrons. The van der Waals surface area contributed by atoms with Gasteiger partial charge in [-0.1, -0.05) is 15.9 Å². The van der Waals surface area contributed by atoms with Crippen molar-refractivity contribution in [2.24, 2.45) is 5.92 Å². The summed E-state index contributed by atoms with van der Waals surface area (Å²) in [4.78, 5) is 20.1. The second kappa shape index (κ2) is 6.19. The Kier molecular flexibility index (Phi) is 4.37. The summed E-state index contributed by atoms with van der Waals surface area (Å²) in [5.41, 5.74) is 0.174. The molecule has 1 atom stereocenters. The standard InChI is InChI=1S/C15H13BrF3N3O2/c16-9-3-4-11-10(6-9)12(21-14(20-11)15(17,18)19)22-5-1-2-8(7-22)13(23)24/h3-4,6,8H,1-2,5,7H2,(H,23,24). The van der Waals surface area contributed by atoms with E-state index < -0.39 is 23.9 Å². The van der Waals surface area contributed by atoms with Gasteiger partial charge in [0, 0.05) is 22.9 Å². The molecule has 0 spiro atoms. The number of hydrogen-bond donors (Lipinski definition) is 1. The minimum atomic E-state index is -4.67. The van der Waals surface area contributed by atoms with E-state index in [1.165, 1.54) is 6.07 Å². The van der Waals surface area contributed by atoms with Crippen LogP contribution in [0.1, 0.15) is 18.7 Å². The number of aliphatic carboxylic acids is 1. The van der Waals surface area contributed by atoms with E-state index in [1.807, 2.05) is 0 Å². The highest BCUT2D eigenvalue weighted by Crippen LogP contribution is 2.34. The van der Waals surface area contributed by atoms with Gasteiger partial charge in [0.1, 0.15) is 5.82 Å². The zero-order valence-electron chi connectivity index (χ0n) is 12.3. The number of piperidine rings is 1. The van der Waals surface area contributed by atoms with Crippen LogP contribution in [0, 0.1) is 5.92 Å². The fourth-order valence-electron chi connectivity index (χ4n) is 2.82. The molecule has 1 fully saturated rings. The summed E-state index contributed by atoms with van der Waals surface area (Å²) in [5.74, 6) is -2.66. The van der Waals surface area contributed by atoms with Crippen LogP contribution in [0.25, 0.3) is 10.9 Å². The molecule has 1 aliphatic rings. The first-order valence-electron chi connectivity index (χ1n) is 7.28. The van der Waals surface area contributed by atoms with Gasteiger partial charge < -0.3 is 10.0 Å². The van der Waals surface area contributed by atoms with Crippen molar-refractivity contribution in [1.82, 2.24) is 9.97 Å². The van der Waals surface area contributed by atoms with Gasteiger partial charge in [-0.3, -0.25) is 4.79 Å². The lowest BCUT2D eigenvalue weighted by Gasteiger charge is -2.32. The lowest BCUT2D eigenvalue weighted by Crippen LogP contribution is -2.39. The molecule has 1 saturated heterocycles. The van der Waals surface area contributed by atoms with Crippen molar-refractivity contribution in [3.05, 3.63) is 28.5 Å². The van der Waals surface area contributed by atoms with E-state index >= 15 is 0 Å². The number of rotatable bonds is 2. The minimum Gasteiger partial charge on any atom is -0.481 e. The van der Waals surface area contributed by atoms with Crippen LogP contribution in [-0.4, -0.2) is 34.1 Å². The fourth-order valence-corrected chi connectivity index (χ4v) is 3.18. The maximum atomic E-state index is 13.1. The Bertz CT molecular complexity index is 797. The van der Waals surface area contributed by atoms with Gasteiger partial charge >= 0.3 is 12.1 Å². The average Bonchev–Trinajstić information content (AvgIpc) is 2.53. The van der Waals surface area contributed by atoms with E-state index in [0.29, 0.717) is 29.2 Å². The first-order valence-corrected chi connectivity index (χ1v) is 8.07. The van der Waals surface area contributed by atoms with Crippen LogP contribution in [-0.2, 0) is 11.0 Å². The molecule has 1 aromatic heterocycles. The molecule has 3 rings (SSSR count). The molecule has 2 heterocycles. The van der Waals surface area contributed by atoms with E-state index in [1.54, 1.807) is 17.0 Å². The quantitative estimate of drug-likeness (QED) is 0.827.